The predicted octanol–water partition coefficient (Wildman–Crippen LogP) is 1.93. The first-order valence-electron chi connectivity index (χ1n) is 6.88. The summed E-state index contributed by atoms with van der Waals surface area (Å²) in [5.74, 6) is -0.200. The molecule has 0 amide bonds. The lowest BCUT2D eigenvalue weighted by Crippen LogP contribution is -2.31. The summed E-state index contributed by atoms with van der Waals surface area (Å²) in [4.78, 5) is 2.29. The molecule has 1 fully saturated rings. The highest BCUT2D eigenvalue weighted by atomic mass is 19.1. The minimum atomic E-state index is -0.537. The van der Waals surface area contributed by atoms with Crippen LogP contribution in [0.3, 0.4) is 0 Å². The second kappa shape index (κ2) is 5.99. The lowest BCUT2D eigenvalue weighted by Gasteiger charge is -2.22. The van der Waals surface area contributed by atoms with Crippen molar-refractivity contribution in [1.82, 2.24) is 10.2 Å². The number of nitrogens with one attached hydrogen (secondary N) is 1. The van der Waals surface area contributed by atoms with E-state index in [2.05, 4.69) is 10.2 Å². The zero-order valence-electron chi connectivity index (χ0n) is 11.7. The van der Waals surface area contributed by atoms with Crippen molar-refractivity contribution in [2.75, 3.05) is 26.7 Å². The van der Waals surface area contributed by atoms with Crippen LogP contribution in [0.4, 0.5) is 4.39 Å². The zero-order chi connectivity index (χ0) is 13.9. The molecule has 1 aromatic rings. The van der Waals surface area contributed by atoms with Crippen molar-refractivity contribution in [3.05, 3.63) is 35.6 Å². The van der Waals surface area contributed by atoms with Crippen molar-refractivity contribution in [3.8, 4) is 0 Å². The van der Waals surface area contributed by atoms with Gasteiger partial charge in [0.2, 0.25) is 0 Å². The molecule has 0 radical (unpaired) electrons. The lowest BCUT2D eigenvalue weighted by atomic mass is 10.0. The fourth-order valence-electron chi connectivity index (χ4n) is 2.71. The number of halogens is 1. The third kappa shape index (κ3) is 4.00. The van der Waals surface area contributed by atoms with Gasteiger partial charge in [0.1, 0.15) is 5.82 Å². The van der Waals surface area contributed by atoms with E-state index in [4.69, 9.17) is 0 Å². The second-order valence-corrected chi connectivity index (χ2v) is 5.70. The fraction of sp³-hybridized carbons (Fsp3) is 0.600. The van der Waals surface area contributed by atoms with Gasteiger partial charge in [0, 0.05) is 25.7 Å². The summed E-state index contributed by atoms with van der Waals surface area (Å²) in [5, 5.41) is 13.2. The third-order valence-electron chi connectivity index (χ3n) is 3.89. The third-order valence-corrected chi connectivity index (χ3v) is 3.89. The molecule has 4 heteroatoms. The van der Waals surface area contributed by atoms with Crippen LogP contribution in [0.2, 0.25) is 0 Å². The molecule has 106 valence electrons. The molecule has 19 heavy (non-hydrogen) atoms. The van der Waals surface area contributed by atoms with Crippen LogP contribution in [0.5, 0.6) is 0 Å². The van der Waals surface area contributed by atoms with Crippen LogP contribution in [0.1, 0.15) is 31.4 Å². The first-order chi connectivity index (χ1) is 9.00. The standard InChI is InChI=1S/C15H23FN2O/c1-15(19)8-10-18(11-15)9-7-14(17-2)12-3-5-13(16)6-4-12/h3-6,14,17,19H,7-11H2,1-2H3. The van der Waals surface area contributed by atoms with Crippen LogP contribution in [0.15, 0.2) is 24.3 Å². The van der Waals surface area contributed by atoms with Gasteiger partial charge in [-0.3, -0.25) is 0 Å². The van der Waals surface area contributed by atoms with E-state index in [9.17, 15) is 9.50 Å². The first kappa shape index (κ1) is 14.4. The average Bonchev–Trinajstić information content (AvgIpc) is 2.72. The van der Waals surface area contributed by atoms with Crippen molar-refractivity contribution in [3.63, 3.8) is 0 Å². The Morgan fingerprint density at radius 3 is 2.63 bits per heavy atom. The predicted molar refractivity (Wildman–Crippen MR) is 74.5 cm³/mol. The molecule has 0 aliphatic carbocycles. The molecule has 2 atom stereocenters. The van der Waals surface area contributed by atoms with E-state index in [1.54, 1.807) is 0 Å². The van der Waals surface area contributed by atoms with Gasteiger partial charge in [-0.25, -0.2) is 4.39 Å². The number of likely N-dealkylation sites (tertiary alicyclic amines) is 1. The number of β-amino-alcohol motifs (C(OH)–C–C–N with tert-alkyl or cyclic N) is 1. The SMILES string of the molecule is CNC(CCN1CCC(C)(O)C1)c1ccc(F)cc1. The number of rotatable bonds is 5. The highest BCUT2D eigenvalue weighted by Crippen LogP contribution is 2.23. The molecule has 0 aromatic heterocycles. The summed E-state index contributed by atoms with van der Waals surface area (Å²) in [6.45, 7) is 4.53. The van der Waals surface area contributed by atoms with Crippen molar-refractivity contribution >= 4 is 0 Å². The molecule has 0 bridgehead atoms. The van der Waals surface area contributed by atoms with Gasteiger partial charge in [-0.05, 0) is 44.5 Å². The summed E-state index contributed by atoms with van der Waals surface area (Å²) in [6, 6.07) is 6.89. The van der Waals surface area contributed by atoms with Gasteiger partial charge in [-0.2, -0.15) is 0 Å². The molecule has 1 saturated heterocycles. The van der Waals surface area contributed by atoms with Gasteiger partial charge < -0.3 is 15.3 Å². The minimum Gasteiger partial charge on any atom is -0.389 e. The molecule has 1 aliphatic heterocycles. The Kier molecular flexibility index (Phi) is 4.55. The maximum absolute atomic E-state index is 12.9. The lowest BCUT2D eigenvalue weighted by molar-refractivity contribution is 0.0683. The molecule has 0 spiro atoms. The molecule has 1 aliphatic rings. The van der Waals surface area contributed by atoms with Crippen LogP contribution in [-0.2, 0) is 0 Å². The molecule has 2 N–H and O–H groups in total. The molecular weight excluding hydrogens is 243 g/mol. The van der Waals surface area contributed by atoms with E-state index in [1.807, 2.05) is 26.1 Å². The Bertz CT molecular complexity index is 405. The quantitative estimate of drug-likeness (QED) is 0.855. The first-order valence-corrected chi connectivity index (χ1v) is 6.88. The smallest absolute Gasteiger partial charge is 0.123 e. The second-order valence-electron chi connectivity index (χ2n) is 5.70. The number of hydrogen-bond acceptors (Lipinski definition) is 3. The molecule has 1 heterocycles. The monoisotopic (exact) mass is 266 g/mol. The van der Waals surface area contributed by atoms with Crippen molar-refractivity contribution < 1.29 is 9.50 Å². The Labute approximate surface area is 114 Å². The Hall–Kier alpha value is -0.970. The van der Waals surface area contributed by atoms with Gasteiger partial charge in [-0.15, -0.1) is 0 Å². The fourth-order valence-corrected chi connectivity index (χ4v) is 2.71. The van der Waals surface area contributed by atoms with Crippen molar-refractivity contribution in [2.45, 2.75) is 31.4 Å². The molecule has 1 aromatic carbocycles. The van der Waals surface area contributed by atoms with Crippen molar-refractivity contribution in [2.24, 2.45) is 0 Å². The van der Waals surface area contributed by atoms with Gasteiger partial charge >= 0.3 is 0 Å². The number of aliphatic hydroxyl groups is 1. The highest BCUT2D eigenvalue weighted by Gasteiger charge is 2.31. The maximum atomic E-state index is 12.9. The summed E-state index contributed by atoms with van der Waals surface area (Å²) in [6.07, 6.45) is 1.80. The largest absolute Gasteiger partial charge is 0.389 e. The van der Waals surface area contributed by atoms with Crippen LogP contribution < -0.4 is 5.32 Å². The Morgan fingerprint density at radius 1 is 1.42 bits per heavy atom. The summed E-state index contributed by atoms with van der Waals surface area (Å²) in [7, 11) is 1.92. The summed E-state index contributed by atoms with van der Waals surface area (Å²) < 4.78 is 12.9. The van der Waals surface area contributed by atoms with E-state index in [-0.39, 0.29) is 11.9 Å². The van der Waals surface area contributed by atoms with Gasteiger partial charge in [0.15, 0.2) is 0 Å². The van der Waals surface area contributed by atoms with Crippen molar-refractivity contribution in [1.29, 1.82) is 0 Å². The molecular formula is C15H23FN2O. The number of benzene rings is 1. The minimum absolute atomic E-state index is 0.200. The molecule has 0 saturated carbocycles. The summed E-state index contributed by atoms with van der Waals surface area (Å²) >= 11 is 0. The van der Waals surface area contributed by atoms with Crippen LogP contribution in [-0.4, -0.2) is 42.3 Å². The zero-order valence-corrected chi connectivity index (χ0v) is 11.7. The molecule has 2 rings (SSSR count). The van der Waals surface area contributed by atoms with E-state index in [0.29, 0.717) is 0 Å². The summed E-state index contributed by atoms with van der Waals surface area (Å²) in [5.41, 5.74) is 0.570. The van der Waals surface area contributed by atoms with E-state index in [0.717, 1.165) is 38.0 Å². The Morgan fingerprint density at radius 2 is 2.11 bits per heavy atom. The van der Waals surface area contributed by atoms with Crippen LogP contribution in [0, 0.1) is 5.82 Å². The van der Waals surface area contributed by atoms with E-state index in [1.165, 1.54) is 12.1 Å². The molecule has 2 unspecified atom stereocenters. The van der Waals surface area contributed by atoms with Crippen LogP contribution >= 0.6 is 0 Å². The molecule has 3 nitrogen and oxygen atoms in total. The van der Waals surface area contributed by atoms with Crippen LogP contribution in [0.25, 0.3) is 0 Å². The van der Waals surface area contributed by atoms with E-state index < -0.39 is 5.60 Å². The van der Waals surface area contributed by atoms with E-state index >= 15 is 0 Å². The number of nitrogens with zero attached hydrogens (tertiary/aromatic N) is 1. The number of hydrogen-bond donors (Lipinski definition) is 2. The highest BCUT2D eigenvalue weighted by molar-refractivity contribution is 5.19. The Balaban J connectivity index is 1.88. The normalized spacial score (nSPS) is 25.7. The maximum Gasteiger partial charge on any atom is 0.123 e. The average molecular weight is 266 g/mol. The van der Waals surface area contributed by atoms with Gasteiger partial charge in [-0.1, -0.05) is 12.1 Å². The van der Waals surface area contributed by atoms with Gasteiger partial charge in [0.05, 0.1) is 5.60 Å². The topological polar surface area (TPSA) is 35.5 Å². The van der Waals surface area contributed by atoms with Gasteiger partial charge in [0.25, 0.3) is 0 Å².